The van der Waals surface area contributed by atoms with Crippen LogP contribution in [-0.4, -0.2) is 49.1 Å². The predicted molar refractivity (Wildman–Crippen MR) is 79.6 cm³/mol. The minimum absolute atomic E-state index is 0.248. The summed E-state index contributed by atoms with van der Waals surface area (Å²) in [5.74, 6) is 0. The number of piperazine rings is 1. The molecule has 1 N–H and O–H groups in total. The van der Waals surface area contributed by atoms with Crippen LogP contribution in [0, 0.1) is 10.1 Å². The Hall–Kier alpha value is -1.82. The van der Waals surface area contributed by atoms with Crippen molar-refractivity contribution in [3.63, 3.8) is 0 Å². The molecule has 20 heavy (non-hydrogen) atoms. The van der Waals surface area contributed by atoms with Gasteiger partial charge in [0.25, 0.3) is 5.69 Å². The molecule has 0 saturated carbocycles. The lowest BCUT2D eigenvalue weighted by Crippen LogP contribution is -2.46. The standard InChI is InChI=1S/C14H20N4O2/c1-2-16-7-9-17(10-8-16)14-11-5-6-15-12(11)3-4-13(14)18(19)20/h3-4,15H,2,5-10H2,1H3. The SMILES string of the molecule is CCN1CCN(c2c([N+](=O)[O-])ccc3c2CCN3)CC1. The molecule has 0 aliphatic carbocycles. The number of anilines is 2. The highest BCUT2D eigenvalue weighted by atomic mass is 16.6. The Morgan fingerprint density at radius 1 is 1.30 bits per heavy atom. The molecule has 0 unspecified atom stereocenters. The van der Waals surface area contributed by atoms with E-state index in [0.29, 0.717) is 0 Å². The van der Waals surface area contributed by atoms with Crippen LogP contribution < -0.4 is 10.2 Å². The highest BCUT2D eigenvalue weighted by Crippen LogP contribution is 2.39. The second-order valence-corrected chi connectivity index (χ2v) is 5.31. The van der Waals surface area contributed by atoms with Crippen molar-refractivity contribution in [1.82, 2.24) is 4.90 Å². The molecule has 1 saturated heterocycles. The smallest absolute Gasteiger partial charge is 0.292 e. The first-order valence-corrected chi connectivity index (χ1v) is 7.22. The van der Waals surface area contributed by atoms with E-state index in [9.17, 15) is 10.1 Å². The number of nitrogens with zero attached hydrogens (tertiary/aromatic N) is 3. The molecule has 1 aromatic rings. The molecule has 3 rings (SSSR count). The Balaban J connectivity index is 1.95. The average molecular weight is 276 g/mol. The largest absolute Gasteiger partial charge is 0.384 e. The summed E-state index contributed by atoms with van der Waals surface area (Å²) in [7, 11) is 0. The minimum Gasteiger partial charge on any atom is -0.384 e. The molecule has 2 aliphatic heterocycles. The van der Waals surface area contributed by atoms with Gasteiger partial charge >= 0.3 is 0 Å². The van der Waals surface area contributed by atoms with Crippen molar-refractivity contribution in [2.45, 2.75) is 13.3 Å². The van der Waals surface area contributed by atoms with Crippen LogP contribution in [-0.2, 0) is 6.42 Å². The van der Waals surface area contributed by atoms with Gasteiger partial charge in [-0.15, -0.1) is 0 Å². The lowest BCUT2D eigenvalue weighted by atomic mass is 10.1. The Labute approximate surface area is 118 Å². The number of benzene rings is 1. The van der Waals surface area contributed by atoms with E-state index in [-0.39, 0.29) is 10.6 Å². The van der Waals surface area contributed by atoms with Gasteiger partial charge in [0, 0.05) is 50.0 Å². The second-order valence-electron chi connectivity index (χ2n) is 5.31. The monoisotopic (exact) mass is 276 g/mol. The predicted octanol–water partition coefficient (Wildman–Crippen LogP) is 1.70. The Bertz CT molecular complexity index is 524. The molecule has 1 fully saturated rings. The van der Waals surface area contributed by atoms with Gasteiger partial charge in [0.1, 0.15) is 5.69 Å². The lowest BCUT2D eigenvalue weighted by Gasteiger charge is -2.36. The molecular weight excluding hydrogens is 256 g/mol. The summed E-state index contributed by atoms with van der Waals surface area (Å²) in [5, 5.41) is 14.6. The summed E-state index contributed by atoms with van der Waals surface area (Å²) in [4.78, 5) is 15.7. The zero-order valence-electron chi connectivity index (χ0n) is 11.8. The molecule has 6 heteroatoms. The molecular formula is C14H20N4O2. The maximum atomic E-state index is 11.3. The number of likely N-dealkylation sites (N-methyl/N-ethyl adjacent to an activating group) is 1. The fraction of sp³-hybridized carbons (Fsp3) is 0.571. The Kier molecular flexibility index (Phi) is 3.48. The number of hydrogen-bond donors (Lipinski definition) is 1. The molecule has 108 valence electrons. The topological polar surface area (TPSA) is 61.7 Å². The molecule has 0 aromatic heterocycles. The Morgan fingerprint density at radius 3 is 2.70 bits per heavy atom. The van der Waals surface area contributed by atoms with Gasteiger partial charge in [-0.05, 0) is 19.0 Å². The highest BCUT2D eigenvalue weighted by Gasteiger charge is 2.29. The fourth-order valence-corrected chi connectivity index (χ4v) is 3.15. The van der Waals surface area contributed by atoms with E-state index in [1.54, 1.807) is 6.07 Å². The number of hydrogen-bond acceptors (Lipinski definition) is 5. The minimum atomic E-state index is -0.250. The van der Waals surface area contributed by atoms with E-state index in [2.05, 4.69) is 22.0 Å². The van der Waals surface area contributed by atoms with Crippen molar-refractivity contribution in [3.05, 3.63) is 27.8 Å². The first kappa shape index (κ1) is 13.2. The van der Waals surface area contributed by atoms with Gasteiger partial charge < -0.3 is 15.1 Å². The summed E-state index contributed by atoms with van der Waals surface area (Å²) in [6.45, 7) is 7.76. The third-order valence-corrected chi connectivity index (χ3v) is 4.28. The molecule has 0 spiro atoms. The maximum absolute atomic E-state index is 11.3. The van der Waals surface area contributed by atoms with Gasteiger partial charge in [-0.1, -0.05) is 6.92 Å². The average Bonchev–Trinajstić information content (AvgIpc) is 2.94. The van der Waals surface area contributed by atoms with E-state index >= 15 is 0 Å². The van der Waals surface area contributed by atoms with Gasteiger partial charge in [0.05, 0.1) is 4.92 Å². The summed E-state index contributed by atoms with van der Waals surface area (Å²) in [5.41, 5.74) is 3.26. The molecule has 0 radical (unpaired) electrons. The van der Waals surface area contributed by atoms with Gasteiger partial charge in [-0.3, -0.25) is 10.1 Å². The number of nitro groups is 1. The number of nitro benzene ring substituents is 1. The third kappa shape index (κ3) is 2.20. The number of rotatable bonds is 3. The van der Waals surface area contributed by atoms with Crippen LogP contribution in [0.3, 0.4) is 0 Å². The van der Waals surface area contributed by atoms with Gasteiger partial charge in [-0.2, -0.15) is 0 Å². The third-order valence-electron chi connectivity index (χ3n) is 4.28. The zero-order chi connectivity index (χ0) is 14.1. The van der Waals surface area contributed by atoms with Gasteiger partial charge in [0.2, 0.25) is 0 Å². The Morgan fingerprint density at radius 2 is 2.05 bits per heavy atom. The summed E-state index contributed by atoms with van der Waals surface area (Å²) in [6, 6.07) is 3.48. The molecule has 6 nitrogen and oxygen atoms in total. The molecule has 0 amide bonds. The van der Waals surface area contributed by atoms with Crippen LogP contribution in [0.25, 0.3) is 0 Å². The highest BCUT2D eigenvalue weighted by molar-refractivity contribution is 5.78. The van der Waals surface area contributed by atoms with E-state index < -0.39 is 0 Å². The van der Waals surface area contributed by atoms with Crippen molar-refractivity contribution < 1.29 is 4.92 Å². The van der Waals surface area contributed by atoms with Crippen LogP contribution in [0.2, 0.25) is 0 Å². The van der Waals surface area contributed by atoms with Gasteiger partial charge in [-0.25, -0.2) is 0 Å². The second kappa shape index (κ2) is 5.28. The van der Waals surface area contributed by atoms with E-state index in [1.165, 1.54) is 0 Å². The van der Waals surface area contributed by atoms with Crippen LogP contribution in [0.1, 0.15) is 12.5 Å². The molecule has 2 aliphatic rings. The lowest BCUT2D eigenvalue weighted by molar-refractivity contribution is -0.384. The van der Waals surface area contributed by atoms with Crippen molar-refractivity contribution in [3.8, 4) is 0 Å². The molecule has 2 heterocycles. The van der Waals surface area contributed by atoms with Crippen molar-refractivity contribution in [1.29, 1.82) is 0 Å². The van der Waals surface area contributed by atoms with Crippen molar-refractivity contribution in [2.24, 2.45) is 0 Å². The molecule has 0 bridgehead atoms. The van der Waals surface area contributed by atoms with Crippen LogP contribution in [0.15, 0.2) is 12.1 Å². The fourth-order valence-electron chi connectivity index (χ4n) is 3.15. The zero-order valence-corrected chi connectivity index (χ0v) is 11.8. The maximum Gasteiger partial charge on any atom is 0.292 e. The first-order valence-electron chi connectivity index (χ1n) is 7.22. The summed E-state index contributed by atoms with van der Waals surface area (Å²) >= 11 is 0. The van der Waals surface area contributed by atoms with E-state index in [4.69, 9.17) is 0 Å². The van der Waals surface area contributed by atoms with Gasteiger partial charge in [0.15, 0.2) is 0 Å². The number of nitrogens with one attached hydrogen (secondary N) is 1. The summed E-state index contributed by atoms with van der Waals surface area (Å²) < 4.78 is 0. The first-order chi connectivity index (χ1) is 9.70. The molecule has 0 atom stereocenters. The summed E-state index contributed by atoms with van der Waals surface area (Å²) in [6.07, 6.45) is 0.875. The van der Waals surface area contributed by atoms with Crippen molar-refractivity contribution in [2.75, 3.05) is 49.5 Å². The van der Waals surface area contributed by atoms with E-state index in [1.807, 2.05) is 6.07 Å². The number of fused-ring (bicyclic) bond motifs is 1. The van der Waals surface area contributed by atoms with Crippen LogP contribution >= 0.6 is 0 Å². The van der Waals surface area contributed by atoms with E-state index in [0.717, 1.165) is 62.6 Å². The van der Waals surface area contributed by atoms with Crippen LogP contribution in [0.5, 0.6) is 0 Å². The van der Waals surface area contributed by atoms with Crippen LogP contribution in [0.4, 0.5) is 17.1 Å². The molecule has 1 aromatic carbocycles. The van der Waals surface area contributed by atoms with Crippen molar-refractivity contribution >= 4 is 17.1 Å². The normalized spacial score (nSPS) is 18.8. The quantitative estimate of drug-likeness (QED) is 0.672.